The Morgan fingerprint density at radius 1 is 0.844 bits per heavy atom. The van der Waals surface area contributed by atoms with Crippen LogP contribution >= 0.6 is 0 Å². The molecule has 178 valence electrons. The van der Waals surface area contributed by atoms with Crippen LogP contribution < -0.4 is 16.4 Å². The summed E-state index contributed by atoms with van der Waals surface area (Å²) in [7, 11) is 0. The van der Waals surface area contributed by atoms with Gasteiger partial charge in [0, 0.05) is 30.4 Å². The van der Waals surface area contributed by atoms with Crippen LogP contribution in [-0.2, 0) is 19.3 Å². The van der Waals surface area contributed by atoms with Crippen molar-refractivity contribution in [2.45, 2.75) is 85.2 Å². The third-order valence-electron chi connectivity index (χ3n) is 6.04. The zero-order chi connectivity index (χ0) is 23.6. The first-order valence-electron chi connectivity index (χ1n) is 12.5. The predicted molar refractivity (Wildman–Crippen MR) is 141 cm³/mol. The molecule has 0 heterocycles. The monoisotopic (exact) mass is 437 g/mol. The number of aryl methyl sites for hydroxylation is 3. The summed E-state index contributed by atoms with van der Waals surface area (Å²) in [5.41, 5.74) is 11.8. The Kier molecular flexibility index (Phi) is 10.7. The quantitative estimate of drug-likeness (QED) is 0.329. The second-order valence-corrected chi connectivity index (χ2v) is 10.9. The molecule has 4 N–H and O–H groups in total. The third-order valence-corrected chi connectivity index (χ3v) is 6.04. The van der Waals surface area contributed by atoms with Gasteiger partial charge in [0.05, 0.1) is 0 Å². The minimum Gasteiger partial charge on any atom is -0.383 e. The maximum atomic E-state index is 6.29. The lowest BCUT2D eigenvalue weighted by Crippen LogP contribution is -2.50. The Hall–Kier alpha value is -1.84. The van der Waals surface area contributed by atoms with Crippen LogP contribution in [0.15, 0.2) is 48.5 Å². The van der Waals surface area contributed by atoms with Crippen molar-refractivity contribution in [2.75, 3.05) is 18.4 Å². The molecule has 0 spiro atoms. The molecule has 2 rings (SSSR count). The van der Waals surface area contributed by atoms with Crippen LogP contribution in [-0.4, -0.2) is 24.7 Å². The van der Waals surface area contributed by atoms with Crippen molar-refractivity contribution in [1.82, 2.24) is 5.32 Å². The van der Waals surface area contributed by atoms with Gasteiger partial charge in [0.2, 0.25) is 0 Å². The lowest BCUT2D eigenvalue weighted by atomic mass is 9.96. The van der Waals surface area contributed by atoms with E-state index in [1.165, 1.54) is 28.8 Å². The zero-order valence-electron chi connectivity index (χ0n) is 21.4. The molecule has 0 radical (unpaired) electrons. The summed E-state index contributed by atoms with van der Waals surface area (Å²) in [6.45, 7) is 15.3. The van der Waals surface area contributed by atoms with E-state index in [1.54, 1.807) is 0 Å². The summed E-state index contributed by atoms with van der Waals surface area (Å²) in [4.78, 5) is 0. The van der Waals surface area contributed by atoms with Gasteiger partial charge in [0.25, 0.3) is 0 Å². The van der Waals surface area contributed by atoms with E-state index in [0.717, 1.165) is 38.8 Å². The van der Waals surface area contributed by atoms with Crippen molar-refractivity contribution in [3.05, 3.63) is 65.2 Å². The summed E-state index contributed by atoms with van der Waals surface area (Å²) < 4.78 is 0. The van der Waals surface area contributed by atoms with E-state index in [1.807, 2.05) is 0 Å². The fourth-order valence-electron chi connectivity index (χ4n) is 4.03. The Bertz CT molecular complexity index is 780. The van der Waals surface area contributed by atoms with E-state index >= 15 is 0 Å². The first kappa shape index (κ1) is 26.4. The molecule has 0 saturated heterocycles. The van der Waals surface area contributed by atoms with Gasteiger partial charge in [0.1, 0.15) is 0 Å². The highest BCUT2D eigenvalue weighted by Crippen LogP contribution is 2.23. The van der Waals surface area contributed by atoms with Crippen molar-refractivity contribution in [2.24, 2.45) is 17.6 Å². The van der Waals surface area contributed by atoms with Gasteiger partial charge in [-0.25, -0.2) is 0 Å². The molecule has 2 aromatic carbocycles. The molecule has 0 amide bonds. The highest BCUT2D eigenvalue weighted by atomic mass is 15.0. The second kappa shape index (κ2) is 13.0. The fourth-order valence-corrected chi connectivity index (χ4v) is 4.03. The summed E-state index contributed by atoms with van der Waals surface area (Å²) in [6, 6.07) is 18.0. The minimum absolute atomic E-state index is 0.0180. The van der Waals surface area contributed by atoms with Crippen molar-refractivity contribution in [3.8, 4) is 0 Å². The maximum absolute atomic E-state index is 6.29. The summed E-state index contributed by atoms with van der Waals surface area (Å²) >= 11 is 0. The molecule has 0 aliphatic heterocycles. The molecule has 32 heavy (non-hydrogen) atoms. The maximum Gasteiger partial charge on any atom is 0.0373 e. The summed E-state index contributed by atoms with van der Waals surface area (Å²) in [6.07, 6.45) is 5.56. The number of benzene rings is 2. The van der Waals surface area contributed by atoms with Crippen molar-refractivity contribution >= 4 is 5.69 Å². The molecule has 2 aromatic rings. The van der Waals surface area contributed by atoms with Gasteiger partial charge in [-0.2, -0.15) is 0 Å². The Labute approximate surface area is 197 Å². The van der Waals surface area contributed by atoms with E-state index in [4.69, 9.17) is 5.73 Å². The standard InChI is InChI=1S/C29H47N3/c1-22(2)12-16-26-19-25(14-13-24-10-8-7-9-11-24)15-17-28(26)31-21-29(5,6)32-20-27(30)18-23(3)4/h7-11,15,17,19,22-23,27,31-32H,12-14,16,18,20-21,30H2,1-6H3/t27-/m0/s1. The largest absolute Gasteiger partial charge is 0.383 e. The minimum atomic E-state index is -0.0180. The van der Waals surface area contributed by atoms with E-state index < -0.39 is 0 Å². The number of nitrogens with one attached hydrogen (secondary N) is 2. The van der Waals surface area contributed by atoms with Crippen LogP contribution in [0.2, 0.25) is 0 Å². The van der Waals surface area contributed by atoms with Crippen LogP contribution in [0.25, 0.3) is 0 Å². The Morgan fingerprint density at radius 2 is 1.53 bits per heavy atom. The average Bonchev–Trinajstić information content (AvgIpc) is 2.74. The van der Waals surface area contributed by atoms with Crippen LogP contribution in [0.5, 0.6) is 0 Å². The molecule has 0 aromatic heterocycles. The van der Waals surface area contributed by atoms with Crippen LogP contribution in [0.3, 0.4) is 0 Å². The summed E-state index contributed by atoms with van der Waals surface area (Å²) in [5.74, 6) is 1.34. The van der Waals surface area contributed by atoms with E-state index in [-0.39, 0.29) is 11.6 Å². The van der Waals surface area contributed by atoms with Gasteiger partial charge < -0.3 is 16.4 Å². The molecule has 0 saturated carbocycles. The van der Waals surface area contributed by atoms with Crippen LogP contribution in [0, 0.1) is 11.8 Å². The predicted octanol–water partition coefficient (Wildman–Crippen LogP) is 6.21. The average molecular weight is 438 g/mol. The lowest BCUT2D eigenvalue weighted by molar-refractivity contribution is 0.370. The second-order valence-electron chi connectivity index (χ2n) is 10.9. The number of hydrogen-bond acceptors (Lipinski definition) is 3. The number of nitrogens with two attached hydrogens (primary N) is 1. The molecule has 0 aliphatic carbocycles. The van der Waals surface area contributed by atoms with Gasteiger partial charge >= 0.3 is 0 Å². The SMILES string of the molecule is CC(C)CCc1cc(CCc2ccccc2)ccc1NCC(C)(C)NC[C@@H](N)CC(C)C. The van der Waals surface area contributed by atoms with E-state index in [0.29, 0.717) is 11.8 Å². The Morgan fingerprint density at radius 3 is 2.19 bits per heavy atom. The highest BCUT2D eigenvalue weighted by molar-refractivity contribution is 5.53. The lowest BCUT2D eigenvalue weighted by Gasteiger charge is -2.30. The first-order valence-corrected chi connectivity index (χ1v) is 12.5. The molecule has 3 heteroatoms. The number of anilines is 1. The van der Waals surface area contributed by atoms with Gasteiger partial charge in [-0.05, 0) is 80.5 Å². The first-order chi connectivity index (χ1) is 15.1. The van der Waals surface area contributed by atoms with Gasteiger partial charge in [-0.15, -0.1) is 0 Å². The van der Waals surface area contributed by atoms with Gasteiger partial charge in [-0.3, -0.25) is 0 Å². The topological polar surface area (TPSA) is 50.1 Å². The smallest absolute Gasteiger partial charge is 0.0373 e. The van der Waals surface area contributed by atoms with Crippen molar-refractivity contribution in [3.63, 3.8) is 0 Å². The normalized spacial score (nSPS) is 13.0. The molecule has 0 fully saturated rings. The zero-order valence-corrected chi connectivity index (χ0v) is 21.4. The van der Waals surface area contributed by atoms with Crippen LogP contribution in [0.1, 0.15) is 71.1 Å². The van der Waals surface area contributed by atoms with E-state index in [9.17, 15) is 0 Å². The molecular weight excluding hydrogens is 390 g/mol. The van der Waals surface area contributed by atoms with Crippen molar-refractivity contribution < 1.29 is 0 Å². The Balaban J connectivity index is 2.00. The molecule has 3 nitrogen and oxygen atoms in total. The van der Waals surface area contributed by atoms with Crippen molar-refractivity contribution in [1.29, 1.82) is 0 Å². The fraction of sp³-hybridized carbons (Fsp3) is 0.586. The molecule has 0 aliphatic rings. The van der Waals surface area contributed by atoms with E-state index in [2.05, 4.69) is 101 Å². The summed E-state index contributed by atoms with van der Waals surface area (Å²) in [5, 5.41) is 7.41. The molecular formula is C29H47N3. The third kappa shape index (κ3) is 10.2. The molecule has 1 atom stereocenters. The van der Waals surface area contributed by atoms with Crippen LogP contribution in [0.4, 0.5) is 5.69 Å². The molecule has 0 bridgehead atoms. The highest BCUT2D eigenvalue weighted by Gasteiger charge is 2.19. The van der Waals surface area contributed by atoms with Gasteiger partial charge in [-0.1, -0.05) is 70.2 Å². The number of rotatable bonds is 14. The number of hydrogen-bond donors (Lipinski definition) is 3. The van der Waals surface area contributed by atoms with Gasteiger partial charge in [0.15, 0.2) is 0 Å². The molecule has 0 unspecified atom stereocenters.